The van der Waals surface area contributed by atoms with Gasteiger partial charge in [-0.25, -0.2) is 4.68 Å². The van der Waals surface area contributed by atoms with Crippen LogP contribution < -0.4 is 11.1 Å². The van der Waals surface area contributed by atoms with Crippen LogP contribution in [0, 0.1) is 6.92 Å². The fourth-order valence-corrected chi connectivity index (χ4v) is 2.75. The highest BCUT2D eigenvalue weighted by Gasteiger charge is 2.21. The van der Waals surface area contributed by atoms with Crippen molar-refractivity contribution in [1.29, 1.82) is 0 Å². The molecule has 0 saturated carbocycles. The van der Waals surface area contributed by atoms with Crippen LogP contribution in [0.15, 0.2) is 60.8 Å². The van der Waals surface area contributed by atoms with Gasteiger partial charge in [0, 0.05) is 6.42 Å². The van der Waals surface area contributed by atoms with E-state index in [2.05, 4.69) is 15.6 Å². The van der Waals surface area contributed by atoms with E-state index in [1.807, 2.05) is 61.5 Å². The van der Waals surface area contributed by atoms with Crippen LogP contribution in [-0.2, 0) is 17.8 Å². The maximum atomic E-state index is 12.4. The average molecular weight is 363 g/mol. The summed E-state index contributed by atoms with van der Waals surface area (Å²) in [6.45, 7) is 2.52. The molecule has 2 amide bonds. The van der Waals surface area contributed by atoms with Gasteiger partial charge in [-0.15, -0.1) is 5.10 Å². The lowest BCUT2D eigenvalue weighted by Gasteiger charge is -2.14. The minimum atomic E-state index is -0.818. The first-order chi connectivity index (χ1) is 13.0. The second-order valence-electron chi connectivity index (χ2n) is 6.35. The molecule has 0 unspecified atom stereocenters. The van der Waals surface area contributed by atoms with Crippen molar-refractivity contribution in [3.63, 3.8) is 0 Å². The van der Waals surface area contributed by atoms with Gasteiger partial charge >= 0.3 is 0 Å². The van der Waals surface area contributed by atoms with Crippen molar-refractivity contribution in [2.45, 2.75) is 25.9 Å². The van der Waals surface area contributed by atoms with E-state index in [0.717, 1.165) is 16.7 Å². The third-order valence-corrected chi connectivity index (χ3v) is 4.30. The summed E-state index contributed by atoms with van der Waals surface area (Å²) in [5.41, 5.74) is 8.71. The van der Waals surface area contributed by atoms with E-state index in [1.54, 1.807) is 10.9 Å². The van der Waals surface area contributed by atoms with Crippen molar-refractivity contribution in [2.75, 3.05) is 0 Å². The van der Waals surface area contributed by atoms with Gasteiger partial charge in [-0.2, -0.15) is 0 Å². The van der Waals surface area contributed by atoms with Crippen LogP contribution in [0.5, 0.6) is 0 Å². The minimum absolute atomic E-state index is 0.142. The van der Waals surface area contributed by atoms with Crippen LogP contribution in [-0.4, -0.2) is 32.9 Å². The molecule has 1 aromatic heterocycles. The number of hydrogen-bond donors (Lipinski definition) is 2. The van der Waals surface area contributed by atoms with Crippen LogP contribution in [0.4, 0.5) is 0 Å². The molecule has 0 saturated heterocycles. The molecule has 0 aliphatic carbocycles. The van der Waals surface area contributed by atoms with Crippen LogP contribution in [0.3, 0.4) is 0 Å². The number of carbonyl (C=O) groups excluding carboxylic acids is 2. The van der Waals surface area contributed by atoms with Gasteiger partial charge in [0.2, 0.25) is 5.91 Å². The Labute approximate surface area is 157 Å². The summed E-state index contributed by atoms with van der Waals surface area (Å²) >= 11 is 0. The van der Waals surface area contributed by atoms with Gasteiger partial charge in [0.15, 0.2) is 5.69 Å². The Morgan fingerprint density at radius 1 is 1.11 bits per heavy atom. The summed E-state index contributed by atoms with van der Waals surface area (Å²) in [5, 5.41) is 10.6. The number of nitrogens with zero attached hydrogens (tertiary/aromatic N) is 3. The number of nitrogens with two attached hydrogens (primary N) is 1. The van der Waals surface area contributed by atoms with Crippen molar-refractivity contribution in [2.24, 2.45) is 5.73 Å². The zero-order valence-corrected chi connectivity index (χ0v) is 15.0. The summed E-state index contributed by atoms with van der Waals surface area (Å²) in [7, 11) is 0. The third kappa shape index (κ3) is 4.78. The molecule has 1 heterocycles. The van der Waals surface area contributed by atoms with Crippen molar-refractivity contribution < 1.29 is 9.59 Å². The molecule has 27 heavy (non-hydrogen) atoms. The summed E-state index contributed by atoms with van der Waals surface area (Å²) in [4.78, 5) is 24.2. The monoisotopic (exact) mass is 363 g/mol. The molecule has 7 nitrogen and oxygen atoms in total. The highest BCUT2D eigenvalue weighted by molar-refractivity contribution is 5.95. The van der Waals surface area contributed by atoms with Crippen LogP contribution in [0.1, 0.15) is 27.2 Å². The van der Waals surface area contributed by atoms with E-state index < -0.39 is 17.9 Å². The summed E-state index contributed by atoms with van der Waals surface area (Å²) in [6.07, 6.45) is 1.88. The smallest absolute Gasteiger partial charge is 0.274 e. The van der Waals surface area contributed by atoms with Crippen LogP contribution in [0.25, 0.3) is 0 Å². The highest BCUT2D eigenvalue weighted by Crippen LogP contribution is 2.09. The Balaban J connectivity index is 1.67. The van der Waals surface area contributed by atoms with Gasteiger partial charge in [-0.1, -0.05) is 59.8 Å². The molecule has 0 fully saturated rings. The van der Waals surface area contributed by atoms with E-state index in [0.29, 0.717) is 13.0 Å². The quantitative estimate of drug-likeness (QED) is 0.663. The summed E-state index contributed by atoms with van der Waals surface area (Å²) in [6, 6.07) is 16.5. The molecule has 0 radical (unpaired) electrons. The van der Waals surface area contributed by atoms with E-state index in [-0.39, 0.29) is 5.69 Å². The molecule has 0 spiro atoms. The molecule has 1 atom stereocenters. The predicted molar refractivity (Wildman–Crippen MR) is 101 cm³/mol. The molecule has 2 aromatic carbocycles. The normalized spacial score (nSPS) is 11.7. The maximum Gasteiger partial charge on any atom is 0.274 e. The van der Waals surface area contributed by atoms with Crippen LogP contribution in [0.2, 0.25) is 0 Å². The van der Waals surface area contributed by atoms with Gasteiger partial charge in [0.1, 0.15) is 6.04 Å². The SMILES string of the molecule is Cc1ccccc1Cn1cc(C(=O)N[C@@H](Cc2ccccc2)C(N)=O)nn1. The van der Waals surface area contributed by atoms with Crippen molar-refractivity contribution >= 4 is 11.8 Å². The number of benzene rings is 2. The fourth-order valence-electron chi connectivity index (χ4n) is 2.75. The van der Waals surface area contributed by atoms with Gasteiger partial charge in [0.25, 0.3) is 5.91 Å². The summed E-state index contributed by atoms with van der Waals surface area (Å²) in [5.74, 6) is -1.08. The second kappa shape index (κ2) is 8.27. The standard InChI is InChI=1S/C20H21N5O2/c1-14-7-5-6-10-16(14)12-25-13-18(23-24-25)20(27)22-17(19(21)26)11-15-8-3-2-4-9-15/h2-10,13,17H,11-12H2,1H3,(H2,21,26)(H,22,27)/t17-/m0/s1. The molecule has 3 rings (SSSR count). The predicted octanol–water partition coefficient (Wildman–Crippen LogP) is 1.46. The Kier molecular flexibility index (Phi) is 5.61. The first-order valence-electron chi connectivity index (χ1n) is 8.61. The molecule has 7 heteroatoms. The fraction of sp³-hybridized carbons (Fsp3) is 0.200. The van der Waals surface area contributed by atoms with E-state index in [1.165, 1.54) is 0 Å². The highest BCUT2D eigenvalue weighted by atomic mass is 16.2. The number of hydrogen-bond acceptors (Lipinski definition) is 4. The van der Waals surface area contributed by atoms with E-state index in [9.17, 15) is 9.59 Å². The lowest BCUT2D eigenvalue weighted by molar-refractivity contribution is -0.119. The van der Waals surface area contributed by atoms with Gasteiger partial charge in [-0.05, 0) is 23.6 Å². The molecule has 3 N–H and O–H groups in total. The lowest BCUT2D eigenvalue weighted by Crippen LogP contribution is -2.46. The molecule has 0 aliphatic rings. The Morgan fingerprint density at radius 2 is 1.81 bits per heavy atom. The molecule has 0 bridgehead atoms. The van der Waals surface area contributed by atoms with Crippen molar-refractivity contribution in [3.8, 4) is 0 Å². The van der Waals surface area contributed by atoms with E-state index >= 15 is 0 Å². The van der Waals surface area contributed by atoms with Crippen molar-refractivity contribution in [1.82, 2.24) is 20.3 Å². The summed E-state index contributed by atoms with van der Waals surface area (Å²) < 4.78 is 1.59. The Hall–Kier alpha value is -3.48. The zero-order chi connectivity index (χ0) is 19.2. The van der Waals surface area contributed by atoms with E-state index in [4.69, 9.17) is 5.73 Å². The van der Waals surface area contributed by atoms with Gasteiger partial charge in [0.05, 0.1) is 12.7 Å². The van der Waals surface area contributed by atoms with Gasteiger partial charge in [-0.3, -0.25) is 9.59 Å². The average Bonchev–Trinajstić information content (AvgIpc) is 3.12. The molecule has 3 aromatic rings. The minimum Gasteiger partial charge on any atom is -0.368 e. The maximum absolute atomic E-state index is 12.4. The number of rotatable bonds is 7. The van der Waals surface area contributed by atoms with Crippen LogP contribution >= 0.6 is 0 Å². The largest absolute Gasteiger partial charge is 0.368 e. The number of primary amides is 1. The molecular weight excluding hydrogens is 342 g/mol. The number of amides is 2. The first-order valence-corrected chi connectivity index (χ1v) is 8.61. The number of aryl methyl sites for hydroxylation is 1. The number of nitrogens with one attached hydrogen (secondary N) is 1. The number of aromatic nitrogens is 3. The first kappa shape index (κ1) is 18.3. The van der Waals surface area contributed by atoms with Crippen molar-refractivity contribution in [3.05, 3.63) is 83.2 Å². The zero-order valence-electron chi connectivity index (χ0n) is 15.0. The van der Waals surface area contributed by atoms with Gasteiger partial charge < -0.3 is 11.1 Å². The number of carbonyl (C=O) groups is 2. The lowest BCUT2D eigenvalue weighted by atomic mass is 10.1. The molecule has 138 valence electrons. The Morgan fingerprint density at radius 3 is 2.52 bits per heavy atom. The molecular formula is C20H21N5O2. The Bertz CT molecular complexity index is 936. The third-order valence-electron chi connectivity index (χ3n) is 4.30. The second-order valence-corrected chi connectivity index (χ2v) is 6.35. The molecule has 0 aliphatic heterocycles. The topological polar surface area (TPSA) is 103 Å².